The Morgan fingerprint density at radius 2 is 1.52 bits per heavy atom. The molecule has 0 aliphatic carbocycles. The number of rotatable bonds is 8. The highest BCUT2D eigenvalue weighted by Crippen LogP contribution is 2.15. The smallest absolute Gasteiger partial charge is 0.269 e. The molecule has 166 valence electrons. The van der Waals surface area contributed by atoms with Crippen LogP contribution in [0, 0.1) is 11.7 Å². The topological polar surface area (TPSA) is 90.5 Å². The summed E-state index contributed by atoms with van der Waals surface area (Å²) < 4.78 is 13.8. The van der Waals surface area contributed by atoms with Gasteiger partial charge in [-0.3, -0.25) is 25.2 Å². The van der Waals surface area contributed by atoms with Gasteiger partial charge in [0.15, 0.2) is 0 Å². The van der Waals surface area contributed by atoms with Crippen molar-refractivity contribution in [1.29, 1.82) is 0 Å². The standard InChI is InChI=1S/C23H29FN4O3/c1-5-28(6-2)17-13-11-16(12-14-17)21(29)26-27-23(31)20(15(3)4)25-22(30)18-9-7-8-10-19(18)24/h7-15,20H,5-6H2,1-4H3,(H,25,30)(H,26,29)(H,27,31)/t20-/m0/s1. The second-order valence-electron chi connectivity index (χ2n) is 7.34. The molecule has 3 N–H and O–H groups in total. The van der Waals surface area contributed by atoms with E-state index >= 15 is 0 Å². The van der Waals surface area contributed by atoms with Crippen LogP contribution in [0.1, 0.15) is 48.4 Å². The number of hydrogen-bond acceptors (Lipinski definition) is 4. The van der Waals surface area contributed by atoms with Crippen LogP contribution in [-0.2, 0) is 4.79 Å². The normalized spacial score (nSPS) is 11.5. The van der Waals surface area contributed by atoms with Crippen molar-refractivity contribution in [2.24, 2.45) is 5.92 Å². The Hall–Kier alpha value is -3.42. The molecule has 0 bridgehead atoms. The number of carbonyl (C=O) groups excluding carboxylic acids is 3. The zero-order chi connectivity index (χ0) is 23.0. The fourth-order valence-electron chi connectivity index (χ4n) is 3.08. The maximum atomic E-state index is 13.8. The van der Waals surface area contributed by atoms with Gasteiger partial charge >= 0.3 is 0 Å². The summed E-state index contributed by atoms with van der Waals surface area (Å²) in [6, 6.07) is 11.6. The van der Waals surface area contributed by atoms with E-state index in [0.717, 1.165) is 18.8 Å². The van der Waals surface area contributed by atoms with E-state index in [-0.39, 0.29) is 11.5 Å². The number of amides is 3. The van der Waals surface area contributed by atoms with E-state index in [1.165, 1.54) is 24.3 Å². The molecule has 2 aromatic carbocycles. The monoisotopic (exact) mass is 428 g/mol. The number of hydrazine groups is 1. The van der Waals surface area contributed by atoms with E-state index < -0.39 is 29.6 Å². The third-order valence-electron chi connectivity index (χ3n) is 4.91. The first-order chi connectivity index (χ1) is 14.8. The van der Waals surface area contributed by atoms with Crippen molar-refractivity contribution in [3.05, 3.63) is 65.5 Å². The molecule has 0 aliphatic rings. The summed E-state index contributed by atoms with van der Waals surface area (Å²) in [5.74, 6) is -2.76. The average molecular weight is 429 g/mol. The average Bonchev–Trinajstić information content (AvgIpc) is 2.76. The summed E-state index contributed by atoms with van der Waals surface area (Å²) in [6.07, 6.45) is 0. The molecule has 0 aromatic heterocycles. The maximum absolute atomic E-state index is 13.8. The molecule has 0 fully saturated rings. The molecule has 0 aliphatic heterocycles. The van der Waals surface area contributed by atoms with Crippen molar-refractivity contribution < 1.29 is 18.8 Å². The lowest BCUT2D eigenvalue weighted by Gasteiger charge is -2.22. The molecule has 31 heavy (non-hydrogen) atoms. The molecule has 7 nitrogen and oxygen atoms in total. The van der Waals surface area contributed by atoms with E-state index in [2.05, 4.69) is 34.9 Å². The number of nitrogens with zero attached hydrogens (tertiary/aromatic N) is 1. The molecule has 3 amide bonds. The van der Waals surface area contributed by atoms with Crippen LogP contribution in [0.2, 0.25) is 0 Å². The number of halogens is 1. The summed E-state index contributed by atoms with van der Waals surface area (Å²) in [5.41, 5.74) is 5.92. The molecule has 0 radical (unpaired) electrons. The van der Waals surface area contributed by atoms with Crippen molar-refractivity contribution in [2.45, 2.75) is 33.7 Å². The summed E-state index contributed by atoms with van der Waals surface area (Å²) in [4.78, 5) is 39.4. The van der Waals surface area contributed by atoms with Crippen LogP contribution in [0.4, 0.5) is 10.1 Å². The zero-order valence-electron chi connectivity index (χ0n) is 18.2. The predicted octanol–water partition coefficient (Wildman–Crippen LogP) is 2.89. The molecule has 0 heterocycles. The van der Waals surface area contributed by atoms with Crippen molar-refractivity contribution in [3.8, 4) is 0 Å². The predicted molar refractivity (Wildman–Crippen MR) is 118 cm³/mol. The maximum Gasteiger partial charge on any atom is 0.269 e. The van der Waals surface area contributed by atoms with Gasteiger partial charge in [0.25, 0.3) is 17.7 Å². The minimum atomic E-state index is -0.961. The molecular weight excluding hydrogens is 399 g/mol. The lowest BCUT2D eigenvalue weighted by molar-refractivity contribution is -0.124. The van der Waals surface area contributed by atoms with Crippen LogP contribution in [0.15, 0.2) is 48.5 Å². The molecule has 2 aromatic rings. The molecule has 0 unspecified atom stereocenters. The first-order valence-electron chi connectivity index (χ1n) is 10.3. The third-order valence-corrected chi connectivity index (χ3v) is 4.91. The first kappa shape index (κ1) is 23.9. The quantitative estimate of drug-likeness (QED) is 0.564. The molecule has 1 atom stereocenters. The van der Waals surface area contributed by atoms with Crippen LogP contribution < -0.4 is 21.1 Å². The highest BCUT2D eigenvalue weighted by atomic mass is 19.1. The Labute approximate surface area is 182 Å². The number of carbonyl (C=O) groups is 3. The number of hydrogen-bond donors (Lipinski definition) is 3. The Kier molecular flexibility index (Phi) is 8.54. The van der Waals surface area contributed by atoms with Crippen molar-refractivity contribution >= 4 is 23.4 Å². The van der Waals surface area contributed by atoms with E-state index in [1.54, 1.807) is 26.0 Å². The Morgan fingerprint density at radius 1 is 0.903 bits per heavy atom. The van der Waals surface area contributed by atoms with Gasteiger partial charge in [-0.25, -0.2) is 4.39 Å². The lowest BCUT2D eigenvalue weighted by Crippen LogP contribution is -2.54. The fraction of sp³-hybridized carbons (Fsp3) is 0.348. The molecule has 8 heteroatoms. The number of anilines is 1. The second-order valence-corrected chi connectivity index (χ2v) is 7.34. The Balaban J connectivity index is 1.99. The minimum absolute atomic E-state index is 0.154. The van der Waals surface area contributed by atoms with Gasteiger partial charge in [0.05, 0.1) is 5.56 Å². The highest BCUT2D eigenvalue weighted by molar-refractivity contribution is 5.99. The largest absolute Gasteiger partial charge is 0.372 e. The van der Waals surface area contributed by atoms with Gasteiger partial charge in [-0.2, -0.15) is 0 Å². The number of nitrogens with one attached hydrogen (secondary N) is 3. The van der Waals surface area contributed by atoms with Crippen molar-refractivity contribution in [1.82, 2.24) is 16.2 Å². The Morgan fingerprint density at radius 3 is 2.06 bits per heavy atom. The molecule has 0 saturated heterocycles. The highest BCUT2D eigenvalue weighted by Gasteiger charge is 2.26. The van der Waals surface area contributed by atoms with E-state index in [1.807, 2.05) is 12.1 Å². The summed E-state index contributed by atoms with van der Waals surface area (Å²) in [5, 5.41) is 2.52. The van der Waals surface area contributed by atoms with Gasteiger partial charge in [-0.15, -0.1) is 0 Å². The minimum Gasteiger partial charge on any atom is -0.372 e. The molecular formula is C23H29FN4O3. The fourth-order valence-corrected chi connectivity index (χ4v) is 3.08. The van der Waals surface area contributed by atoms with Gasteiger partial charge in [-0.05, 0) is 56.2 Å². The van der Waals surface area contributed by atoms with Crippen molar-refractivity contribution in [2.75, 3.05) is 18.0 Å². The van der Waals surface area contributed by atoms with Crippen LogP contribution in [0.25, 0.3) is 0 Å². The zero-order valence-corrected chi connectivity index (χ0v) is 18.2. The number of benzene rings is 2. The first-order valence-corrected chi connectivity index (χ1v) is 10.3. The second kappa shape index (κ2) is 11.1. The van der Waals surface area contributed by atoms with Gasteiger partial charge in [-0.1, -0.05) is 26.0 Å². The van der Waals surface area contributed by atoms with Gasteiger partial charge in [0.1, 0.15) is 11.9 Å². The lowest BCUT2D eigenvalue weighted by atomic mass is 10.0. The van der Waals surface area contributed by atoms with Crippen molar-refractivity contribution in [3.63, 3.8) is 0 Å². The van der Waals surface area contributed by atoms with E-state index in [4.69, 9.17) is 0 Å². The van der Waals surface area contributed by atoms with Gasteiger partial charge in [0, 0.05) is 24.3 Å². The van der Waals surface area contributed by atoms with Crippen LogP contribution in [-0.4, -0.2) is 36.9 Å². The van der Waals surface area contributed by atoms with E-state index in [9.17, 15) is 18.8 Å². The Bertz CT molecular complexity index is 911. The summed E-state index contributed by atoms with van der Waals surface area (Å²) in [6.45, 7) is 9.28. The third kappa shape index (κ3) is 6.28. The summed E-state index contributed by atoms with van der Waals surface area (Å²) >= 11 is 0. The van der Waals surface area contributed by atoms with Gasteiger partial charge in [0.2, 0.25) is 0 Å². The van der Waals surface area contributed by atoms with Gasteiger partial charge < -0.3 is 10.2 Å². The van der Waals surface area contributed by atoms with E-state index in [0.29, 0.717) is 5.56 Å². The molecule has 2 rings (SSSR count). The SMILES string of the molecule is CCN(CC)c1ccc(C(=O)NNC(=O)[C@@H](NC(=O)c2ccccc2F)C(C)C)cc1. The van der Waals surface area contributed by atoms with Crippen LogP contribution in [0.5, 0.6) is 0 Å². The summed E-state index contributed by atoms with van der Waals surface area (Å²) in [7, 11) is 0. The molecule has 0 saturated carbocycles. The van der Waals surface area contributed by atoms with Crippen LogP contribution >= 0.6 is 0 Å². The molecule has 0 spiro atoms. The van der Waals surface area contributed by atoms with Crippen LogP contribution in [0.3, 0.4) is 0 Å².